The van der Waals surface area contributed by atoms with Crippen LogP contribution in [0, 0.1) is 0 Å². The van der Waals surface area contributed by atoms with E-state index >= 15 is 0 Å². The molecule has 94 valence electrons. The fourth-order valence-electron chi connectivity index (χ4n) is 1.84. The summed E-state index contributed by atoms with van der Waals surface area (Å²) in [5.41, 5.74) is 0. The van der Waals surface area contributed by atoms with Gasteiger partial charge in [0.2, 0.25) is 5.91 Å². The van der Waals surface area contributed by atoms with E-state index in [1.54, 1.807) is 6.20 Å². The number of nitrogens with zero attached hydrogens (tertiary/aromatic N) is 3. The van der Waals surface area contributed by atoms with Crippen LogP contribution in [0.1, 0.15) is 25.6 Å². The monoisotopic (exact) mass is 236 g/mol. The van der Waals surface area contributed by atoms with Gasteiger partial charge in [0.05, 0.1) is 13.1 Å². The Balaban J connectivity index is 1.98. The minimum Gasteiger partial charge on any atom is -0.337 e. The molecule has 17 heavy (non-hydrogen) atoms. The SMILES string of the molecule is CCNCC(=O)N(Cc1nccn1C)C1CC1. The summed E-state index contributed by atoms with van der Waals surface area (Å²) in [5.74, 6) is 1.12. The zero-order valence-corrected chi connectivity index (χ0v) is 10.5. The number of aryl methyl sites for hydroxylation is 1. The average molecular weight is 236 g/mol. The Bertz CT molecular complexity index is 384. The summed E-state index contributed by atoms with van der Waals surface area (Å²) in [5, 5.41) is 3.09. The quantitative estimate of drug-likeness (QED) is 0.783. The minimum absolute atomic E-state index is 0.178. The predicted molar refractivity (Wildman–Crippen MR) is 65.3 cm³/mol. The zero-order valence-electron chi connectivity index (χ0n) is 10.5. The van der Waals surface area contributed by atoms with Gasteiger partial charge in [-0.1, -0.05) is 6.92 Å². The maximum atomic E-state index is 12.0. The third-order valence-corrected chi connectivity index (χ3v) is 3.07. The Morgan fingerprint density at radius 2 is 2.41 bits per heavy atom. The lowest BCUT2D eigenvalue weighted by Crippen LogP contribution is -2.39. The molecule has 0 bridgehead atoms. The van der Waals surface area contributed by atoms with Gasteiger partial charge in [-0.2, -0.15) is 0 Å². The van der Waals surface area contributed by atoms with Crippen molar-refractivity contribution < 1.29 is 4.79 Å². The van der Waals surface area contributed by atoms with Gasteiger partial charge in [-0.3, -0.25) is 4.79 Å². The lowest BCUT2D eigenvalue weighted by atomic mass is 10.4. The molecule has 0 atom stereocenters. The maximum Gasteiger partial charge on any atom is 0.237 e. The number of rotatable bonds is 6. The highest BCUT2D eigenvalue weighted by molar-refractivity contribution is 5.78. The topological polar surface area (TPSA) is 50.2 Å². The van der Waals surface area contributed by atoms with Crippen LogP contribution in [0.25, 0.3) is 0 Å². The molecule has 1 aliphatic rings. The second-order valence-corrected chi connectivity index (χ2v) is 4.49. The normalized spacial score (nSPS) is 14.9. The minimum atomic E-state index is 0.178. The summed E-state index contributed by atoms with van der Waals surface area (Å²) >= 11 is 0. The molecule has 2 rings (SSSR count). The van der Waals surface area contributed by atoms with Crippen LogP contribution in [0.4, 0.5) is 0 Å². The zero-order chi connectivity index (χ0) is 12.3. The third-order valence-electron chi connectivity index (χ3n) is 3.07. The number of likely N-dealkylation sites (N-methyl/N-ethyl adjacent to an activating group) is 1. The molecule has 1 heterocycles. The molecule has 1 N–H and O–H groups in total. The summed E-state index contributed by atoms with van der Waals surface area (Å²) < 4.78 is 1.97. The smallest absolute Gasteiger partial charge is 0.237 e. The predicted octanol–water partition coefficient (Wildman–Crippen LogP) is 0.521. The molecular formula is C12H20N4O. The molecule has 5 heteroatoms. The van der Waals surface area contributed by atoms with Gasteiger partial charge in [-0.15, -0.1) is 0 Å². The number of aromatic nitrogens is 2. The van der Waals surface area contributed by atoms with E-state index in [0.29, 0.717) is 19.1 Å². The van der Waals surface area contributed by atoms with Crippen molar-refractivity contribution in [2.75, 3.05) is 13.1 Å². The van der Waals surface area contributed by atoms with Crippen molar-refractivity contribution >= 4 is 5.91 Å². The first kappa shape index (κ1) is 12.1. The van der Waals surface area contributed by atoms with E-state index in [1.165, 1.54) is 0 Å². The Kier molecular flexibility index (Phi) is 3.78. The van der Waals surface area contributed by atoms with Crippen molar-refractivity contribution in [1.29, 1.82) is 0 Å². The molecule has 1 amide bonds. The van der Waals surface area contributed by atoms with Crippen molar-refractivity contribution in [3.05, 3.63) is 18.2 Å². The first-order chi connectivity index (χ1) is 8.22. The van der Waals surface area contributed by atoms with E-state index in [-0.39, 0.29) is 5.91 Å². The summed E-state index contributed by atoms with van der Waals surface area (Å²) in [7, 11) is 1.96. The van der Waals surface area contributed by atoms with Crippen LogP contribution in [-0.2, 0) is 18.4 Å². The van der Waals surface area contributed by atoms with Gasteiger partial charge in [0.1, 0.15) is 5.82 Å². The third kappa shape index (κ3) is 3.06. The molecule has 1 saturated carbocycles. The fourth-order valence-corrected chi connectivity index (χ4v) is 1.84. The van der Waals surface area contributed by atoms with Crippen molar-refractivity contribution in [2.45, 2.75) is 32.4 Å². The van der Waals surface area contributed by atoms with Crippen molar-refractivity contribution in [2.24, 2.45) is 7.05 Å². The van der Waals surface area contributed by atoms with Crippen LogP contribution in [-0.4, -0.2) is 39.5 Å². The summed E-state index contributed by atoms with van der Waals surface area (Å²) in [6.45, 7) is 3.88. The molecule has 1 aliphatic carbocycles. The molecule has 0 radical (unpaired) electrons. The summed E-state index contributed by atoms with van der Waals surface area (Å²) in [6.07, 6.45) is 5.94. The molecule has 0 unspecified atom stereocenters. The number of hydrogen-bond donors (Lipinski definition) is 1. The highest BCUT2D eigenvalue weighted by Crippen LogP contribution is 2.28. The molecule has 0 aliphatic heterocycles. The molecule has 0 aromatic carbocycles. The van der Waals surface area contributed by atoms with Crippen LogP contribution < -0.4 is 5.32 Å². The van der Waals surface area contributed by atoms with E-state index in [2.05, 4.69) is 10.3 Å². The summed E-state index contributed by atoms with van der Waals surface area (Å²) in [4.78, 5) is 18.3. The van der Waals surface area contributed by atoms with E-state index in [4.69, 9.17) is 0 Å². The fraction of sp³-hybridized carbons (Fsp3) is 0.667. The van der Waals surface area contributed by atoms with Gasteiger partial charge in [-0.25, -0.2) is 4.98 Å². The highest BCUT2D eigenvalue weighted by atomic mass is 16.2. The van der Waals surface area contributed by atoms with Gasteiger partial charge in [0.15, 0.2) is 0 Å². The largest absolute Gasteiger partial charge is 0.337 e. The van der Waals surface area contributed by atoms with Crippen molar-refractivity contribution in [3.8, 4) is 0 Å². The Hall–Kier alpha value is -1.36. The molecule has 0 spiro atoms. The van der Waals surface area contributed by atoms with Gasteiger partial charge in [0, 0.05) is 25.5 Å². The van der Waals surface area contributed by atoms with Crippen molar-refractivity contribution in [1.82, 2.24) is 19.8 Å². The number of carbonyl (C=O) groups is 1. The molecule has 1 aromatic heterocycles. The van der Waals surface area contributed by atoms with Gasteiger partial charge in [0.25, 0.3) is 0 Å². The van der Waals surface area contributed by atoms with Crippen LogP contribution in [0.15, 0.2) is 12.4 Å². The average Bonchev–Trinajstić information content (AvgIpc) is 3.08. The van der Waals surface area contributed by atoms with Crippen LogP contribution in [0.3, 0.4) is 0 Å². The lowest BCUT2D eigenvalue weighted by molar-refractivity contribution is -0.131. The molecule has 0 saturated heterocycles. The van der Waals surface area contributed by atoms with Crippen LogP contribution in [0.2, 0.25) is 0 Å². The second kappa shape index (κ2) is 5.31. The van der Waals surface area contributed by atoms with Crippen molar-refractivity contribution in [3.63, 3.8) is 0 Å². The highest BCUT2D eigenvalue weighted by Gasteiger charge is 2.32. The van der Waals surface area contributed by atoms with Gasteiger partial charge in [-0.05, 0) is 19.4 Å². The van der Waals surface area contributed by atoms with Gasteiger partial charge < -0.3 is 14.8 Å². The van der Waals surface area contributed by atoms with E-state index in [9.17, 15) is 4.79 Å². The molecule has 1 aromatic rings. The number of hydrogen-bond acceptors (Lipinski definition) is 3. The first-order valence-corrected chi connectivity index (χ1v) is 6.18. The number of nitrogens with one attached hydrogen (secondary N) is 1. The van der Waals surface area contributed by atoms with Crippen LogP contribution in [0.5, 0.6) is 0 Å². The van der Waals surface area contributed by atoms with E-state index < -0.39 is 0 Å². The maximum absolute atomic E-state index is 12.0. The standard InChI is InChI=1S/C12H20N4O/c1-3-13-8-12(17)16(10-4-5-10)9-11-14-6-7-15(11)2/h6-7,10,13H,3-5,8-9H2,1-2H3. The number of amides is 1. The van der Waals surface area contributed by atoms with E-state index in [1.807, 2.05) is 29.6 Å². The van der Waals surface area contributed by atoms with Gasteiger partial charge >= 0.3 is 0 Å². The molecule has 1 fully saturated rings. The molecular weight excluding hydrogens is 216 g/mol. The lowest BCUT2D eigenvalue weighted by Gasteiger charge is -2.22. The Labute approximate surface area is 102 Å². The Morgan fingerprint density at radius 1 is 1.65 bits per heavy atom. The molecule has 5 nitrogen and oxygen atoms in total. The first-order valence-electron chi connectivity index (χ1n) is 6.18. The van der Waals surface area contributed by atoms with Crippen LogP contribution >= 0.6 is 0 Å². The Morgan fingerprint density at radius 3 is 2.94 bits per heavy atom. The second-order valence-electron chi connectivity index (χ2n) is 4.49. The van der Waals surface area contributed by atoms with E-state index in [0.717, 1.165) is 25.2 Å². The summed E-state index contributed by atoms with van der Waals surface area (Å²) in [6, 6.07) is 0.429. The number of carbonyl (C=O) groups excluding carboxylic acids is 1. The number of imidazole rings is 1.